The van der Waals surface area contributed by atoms with Crippen molar-refractivity contribution in [3.8, 4) is 0 Å². The zero-order chi connectivity index (χ0) is 21.5. The van der Waals surface area contributed by atoms with Crippen molar-refractivity contribution in [2.75, 3.05) is 6.54 Å². The molecule has 1 aliphatic carbocycles. The van der Waals surface area contributed by atoms with Crippen LogP contribution in [0.5, 0.6) is 0 Å². The topological polar surface area (TPSA) is 57.3 Å². The number of carbonyl (C=O) groups is 1. The van der Waals surface area contributed by atoms with Gasteiger partial charge in [0, 0.05) is 49.1 Å². The fraction of sp³-hybridized carbons (Fsp3) is 0.520. The molecule has 2 aromatic rings. The number of aromatic nitrogens is 1. The van der Waals surface area contributed by atoms with Crippen LogP contribution in [-0.2, 0) is 17.9 Å². The molecule has 0 spiro atoms. The lowest BCUT2D eigenvalue weighted by atomic mass is 10.1. The van der Waals surface area contributed by atoms with Crippen LogP contribution in [0.1, 0.15) is 56.1 Å². The third-order valence-electron chi connectivity index (χ3n) is 6.52. The molecular weight excluding hydrogens is 408 g/mol. The molecule has 1 amide bonds. The van der Waals surface area contributed by atoms with Crippen molar-refractivity contribution in [1.82, 2.24) is 20.5 Å². The first-order valence-corrected chi connectivity index (χ1v) is 12.0. The van der Waals surface area contributed by atoms with Gasteiger partial charge in [0.2, 0.25) is 5.91 Å². The summed E-state index contributed by atoms with van der Waals surface area (Å²) < 4.78 is 0. The Balaban J connectivity index is 1.41. The van der Waals surface area contributed by atoms with Crippen LogP contribution in [0.15, 0.2) is 48.8 Å². The van der Waals surface area contributed by atoms with Gasteiger partial charge >= 0.3 is 0 Å². The minimum Gasteiger partial charge on any atom is -0.351 e. The molecule has 2 fully saturated rings. The average Bonchev–Trinajstić information content (AvgIpc) is 3.00. The Morgan fingerprint density at radius 2 is 1.81 bits per heavy atom. The predicted molar refractivity (Wildman–Crippen MR) is 125 cm³/mol. The van der Waals surface area contributed by atoms with Crippen molar-refractivity contribution < 1.29 is 4.79 Å². The van der Waals surface area contributed by atoms with Crippen molar-refractivity contribution in [2.24, 2.45) is 0 Å². The highest BCUT2D eigenvalue weighted by Gasteiger charge is 2.37. The minimum atomic E-state index is -0.129. The molecule has 2 atom stereocenters. The van der Waals surface area contributed by atoms with Crippen molar-refractivity contribution in [3.05, 3.63) is 64.9 Å². The van der Waals surface area contributed by atoms with Crippen LogP contribution in [-0.4, -0.2) is 40.5 Å². The van der Waals surface area contributed by atoms with Crippen LogP contribution in [0.3, 0.4) is 0 Å². The molecule has 1 saturated carbocycles. The Morgan fingerprint density at radius 1 is 1.03 bits per heavy atom. The number of rotatable bonds is 7. The molecule has 166 valence electrons. The molecule has 6 heteroatoms. The van der Waals surface area contributed by atoms with E-state index in [9.17, 15) is 4.79 Å². The first-order valence-electron chi connectivity index (χ1n) is 11.6. The monoisotopic (exact) mass is 440 g/mol. The van der Waals surface area contributed by atoms with Crippen molar-refractivity contribution in [3.63, 3.8) is 0 Å². The van der Waals surface area contributed by atoms with Crippen molar-refractivity contribution in [2.45, 2.75) is 76.2 Å². The predicted octanol–water partition coefficient (Wildman–Crippen LogP) is 4.31. The number of nitrogens with one attached hydrogen (secondary N) is 2. The number of pyridine rings is 1. The smallest absolute Gasteiger partial charge is 0.237 e. The highest BCUT2D eigenvalue weighted by atomic mass is 35.5. The molecule has 2 aliphatic rings. The Labute approximate surface area is 190 Å². The summed E-state index contributed by atoms with van der Waals surface area (Å²) in [6.45, 7) is 2.16. The molecule has 4 rings (SSSR count). The van der Waals surface area contributed by atoms with E-state index in [1.54, 1.807) is 12.4 Å². The Kier molecular flexibility index (Phi) is 7.95. The fourth-order valence-corrected chi connectivity index (χ4v) is 5.01. The van der Waals surface area contributed by atoms with Gasteiger partial charge in [-0.25, -0.2) is 0 Å². The number of benzene rings is 1. The van der Waals surface area contributed by atoms with Crippen molar-refractivity contribution in [1.29, 1.82) is 0 Å². The first kappa shape index (κ1) is 22.3. The molecule has 2 N–H and O–H groups in total. The van der Waals surface area contributed by atoms with E-state index in [2.05, 4.69) is 32.7 Å². The molecule has 1 saturated heterocycles. The summed E-state index contributed by atoms with van der Waals surface area (Å²) >= 11 is 6.06. The Bertz CT molecular complexity index is 821. The molecule has 1 aromatic heterocycles. The summed E-state index contributed by atoms with van der Waals surface area (Å²) in [5, 5.41) is 7.76. The van der Waals surface area contributed by atoms with Crippen LogP contribution in [0, 0.1) is 0 Å². The summed E-state index contributed by atoms with van der Waals surface area (Å²) in [6.07, 6.45) is 12.2. The fourth-order valence-electron chi connectivity index (χ4n) is 4.89. The quantitative estimate of drug-likeness (QED) is 0.630. The number of likely N-dealkylation sites (tertiary alicyclic amines) is 1. The molecule has 0 radical (unpaired) electrons. The maximum absolute atomic E-state index is 13.1. The van der Waals surface area contributed by atoms with E-state index in [0.717, 1.165) is 30.1 Å². The lowest BCUT2D eigenvalue weighted by Gasteiger charge is -2.24. The normalized spacial score (nSPS) is 22.9. The average molecular weight is 441 g/mol. The number of halogens is 1. The van der Waals surface area contributed by atoms with E-state index < -0.39 is 0 Å². The lowest BCUT2D eigenvalue weighted by Crippen LogP contribution is -2.42. The number of nitrogens with zero attached hydrogens (tertiary/aromatic N) is 2. The highest BCUT2D eigenvalue weighted by molar-refractivity contribution is 6.30. The second-order valence-electron chi connectivity index (χ2n) is 8.94. The van der Waals surface area contributed by atoms with Crippen LogP contribution in [0.4, 0.5) is 0 Å². The molecular formula is C25H33ClN4O. The maximum atomic E-state index is 13.1. The van der Waals surface area contributed by atoms with Gasteiger partial charge in [-0.05, 0) is 48.6 Å². The zero-order valence-corrected chi connectivity index (χ0v) is 18.9. The Morgan fingerprint density at radius 3 is 2.52 bits per heavy atom. The molecule has 0 bridgehead atoms. The molecule has 5 nitrogen and oxygen atoms in total. The molecule has 31 heavy (non-hydrogen) atoms. The number of amides is 1. The van der Waals surface area contributed by atoms with Gasteiger partial charge in [0.15, 0.2) is 0 Å². The van der Waals surface area contributed by atoms with Gasteiger partial charge in [-0.2, -0.15) is 0 Å². The van der Waals surface area contributed by atoms with Gasteiger partial charge in [-0.3, -0.25) is 14.7 Å². The van der Waals surface area contributed by atoms with Gasteiger partial charge in [0.05, 0.1) is 6.04 Å². The van der Waals surface area contributed by atoms with Crippen molar-refractivity contribution >= 4 is 17.5 Å². The second-order valence-corrected chi connectivity index (χ2v) is 9.38. The third kappa shape index (κ3) is 6.52. The summed E-state index contributed by atoms with van der Waals surface area (Å²) in [4.78, 5) is 19.6. The number of hydrogen-bond acceptors (Lipinski definition) is 4. The Hall–Kier alpha value is -1.95. The van der Waals surface area contributed by atoms with E-state index in [1.807, 2.05) is 24.3 Å². The maximum Gasteiger partial charge on any atom is 0.237 e. The van der Waals surface area contributed by atoms with Crippen LogP contribution in [0.25, 0.3) is 0 Å². The SMILES string of the molecule is O=C(NCc1cccnc1)[C@@H]1C[C@H](NC2CCCCCC2)CN1Cc1ccc(Cl)cc1. The van der Waals surface area contributed by atoms with E-state index in [1.165, 1.54) is 44.1 Å². The zero-order valence-electron chi connectivity index (χ0n) is 18.1. The number of hydrogen-bond donors (Lipinski definition) is 2. The summed E-state index contributed by atoms with van der Waals surface area (Å²) in [5.74, 6) is 0.1000. The first-order chi connectivity index (χ1) is 15.2. The standard InChI is InChI=1S/C25H33ClN4O/c26-21-11-9-19(10-12-21)17-30-18-23(29-22-7-3-1-2-4-8-22)14-24(30)25(31)28-16-20-6-5-13-27-15-20/h5-6,9-13,15,22-24,29H,1-4,7-8,14,16-18H2,(H,28,31)/t23-,24-/m0/s1. The van der Waals surface area contributed by atoms with E-state index in [-0.39, 0.29) is 11.9 Å². The summed E-state index contributed by atoms with van der Waals surface area (Å²) in [5.41, 5.74) is 2.20. The third-order valence-corrected chi connectivity index (χ3v) is 6.77. The molecule has 1 aromatic carbocycles. The lowest BCUT2D eigenvalue weighted by molar-refractivity contribution is -0.125. The second kappa shape index (κ2) is 11.1. The van der Waals surface area contributed by atoms with E-state index in [0.29, 0.717) is 18.6 Å². The summed E-state index contributed by atoms with van der Waals surface area (Å²) in [6, 6.07) is 12.7. The van der Waals surface area contributed by atoms with Gasteiger partial charge in [0.25, 0.3) is 0 Å². The van der Waals surface area contributed by atoms with Crippen LogP contribution < -0.4 is 10.6 Å². The highest BCUT2D eigenvalue weighted by Crippen LogP contribution is 2.25. The molecule has 0 unspecified atom stereocenters. The van der Waals surface area contributed by atoms with Crippen LogP contribution in [0.2, 0.25) is 5.02 Å². The van der Waals surface area contributed by atoms with Crippen LogP contribution >= 0.6 is 11.6 Å². The molecule has 2 heterocycles. The number of carbonyl (C=O) groups excluding carboxylic acids is 1. The molecule has 1 aliphatic heterocycles. The largest absolute Gasteiger partial charge is 0.351 e. The van der Waals surface area contributed by atoms with Gasteiger partial charge < -0.3 is 10.6 Å². The van der Waals surface area contributed by atoms with E-state index >= 15 is 0 Å². The minimum absolute atomic E-state index is 0.1000. The summed E-state index contributed by atoms with van der Waals surface area (Å²) in [7, 11) is 0. The van der Waals surface area contributed by atoms with E-state index in [4.69, 9.17) is 11.6 Å². The van der Waals surface area contributed by atoms with Gasteiger partial charge in [-0.1, -0.05) is 55.5 Å². The van der Waals surface area contributed by atoms with Gasteiger partial charge in [-0.15, -0.1) is 0 Å². The van der Waals surface area contributed by atoms with Gasteiger partial charge in [0.1, 0.15) is 0 Å².